The Hall–Kier alpha value is -2.26. The molecule has 0 radical (unpaired) electrons. The van der Waals surface area contributed by atoms with Crippen molar-refractivity contribution in [2.45, 2.75) is 24.8 Å². The van der Waals surface area contributed by atoms with Crippen LogP contribution in [-0.2, 0) is 4.79 Å². The molecule has 0 saturated heterocycles. The average Bonchev–Trinajstić information content (AvgIpc) is 2.41. The maximum atomic E-state index is 13.2. The van der Waals surface area contributed by atoms with Gasteiger partial charge in [-0.15, -0.1) is 0 Å². The molecule has 0 spiro atoms. The van der Waals surface area contributed by atoms with Crippen molar-refractivity contribution in [2.75, 3.05) is 0 Å². The van der Waals surface area contributed by atoms with Crippen LogP contribution in [0.1, 0.15) is 17.3 Å². The van der Waals surface area contributed by atoms with E-state index in [0.29, 0.717) is 0 Å². The lowest BCUT2D eigenvalue weighted by Gasteiger charge is -2.40. The molecule has 1 aromatic rings. The second kappa shape index (κ2) is 6.09. The van der Waals surface area contributed by atoms with Crippen molar-refractivity contribution in [1.82, 2.24) is 5.32 Å². The molecule has 0 aliphatic heterocycles. The van der Waals surface area contributed by atoms with E-state index in [1.807, 2.05) is 0 Å². The topological polar surface area (TPSA) is 66.4 Å². The van der Waals surface area contributed by atoms with Crippen LogP contribution < -0.4 is 5.32 Å². The third kappa shape index (κ3) is 3.40. The highest BCUT2D eigenvalue weighted by atomic mass is 19.4. The van der Waals surface area contributed by atoms with E-state index in [9.17, 15) is 35.9 Å². The van der Waals surface area contributed by atoms with E-state index < -0.39 is 41.2 Å². The Bertz CT molecular complexity index is 568. The molecule has 0 aliphatic rings. The Kier molecular flexibility index (Phi) is 4.97. The van der Waals surface area contributed by atoms with Gasteiger partial charge in [-0.1, -0.05) is 18.2 Å². The Morgan fingerprint density at radius 2 is 1.43 bits per heavy atom. The highest BCUT2D eigenvalue weighted by molar-refractivity contribution is 5.95. The van der Waals surface area contributed by atoms with Crippen LogP contribution >= 0.6 is 0 Å². The molecule has 0 heterocycles. The van der Waals surface area contributed by atoms with Crippen molar-refractivity contribution in [1.29, 1.82) is 0 Å². The summed E-state index contributed by atoms with van der Waals surface area (Å²) in [5, 5.41) is 9.51. The van der Waals surface area contributed by atoms with Crippen LogP contribution in [0.15, 0.2) is 30.3 Å². The van der Waals surface area contributed by atoms with Gasteiger partial charge in [0.15, 0.2) is 0 Å². The smallest absolute Gasteiger partial charge is 0.421 e. The molecular formula is C13H11F6NO3. The second-order valence-corrected chi connectivity index (χ2v) is 4.68. The number of halogens is 6. The Balaban J connectivity index is 3.45. The number of hydrogen-bond acceptors (Lipinski definition) is 2. The Labute approximate surface area is 126 Å². The van der Waals surface area contributed by atoms with Gasteiger partial charge in [0, 0.05) is 5.56 Å². The third-order valence-corrected chi connectivity index (χ3v) is 3.26. The first-order chi connectivity index (χ1) is 10.3. The second-order valence-electron chi connectivity index (χ2n) is 4.68. The highest BCUT2D eigenvalue weighted by Gasteiger charge is 2.75. The SMILES string of the molecule is CC(C(=O)O)C(NC(=O)c1ccccc1)(C(F)(F)F)C(F)(F)F. The summed E-state index contributed by atoms with van der Waals surface area (Å²) < 4.78 is 79.0. The van der Waals surface area contributed by atoms with E-state index in [-0.39, 0.29) is 6.92 Å². The van der Waals surface area contributed by atoms with E-state index >= 15 is 0 Å². The van der Waals surface area contributed by atoms with E-state index in [2.05, 4.69) is 0 Å². The first kappa shape index (κ1) is 18.8. The largest absolute Gasteiger partial charge is 0.481 e. The normalized spacial score (nSPS) is 14.2. The molecule has 1 aromatic carbocycles. The minimum atomic E-state index is -6.08. The number of rotatable bonds is 4. The van der Waals surface area contributed by atoms with Gasteiger partial charge in [-0.05, 0) is 19.1 Å². The molecule has 1 rings (SSSR count). The van der Waals surface area contributed by atoms with Crippen molar-refractivity contribution in [3.05, 3.63) is 35.9 Å². The fraction of sp³-hybridized carbons (Fsp3) is 0.385. The molecule has 1 atom stereocenters. The fourth-order valence-electron chi connectivity index (χ4n) is 1.93. The van der Waals surface area contributed by atoms with E-state index in [1.54, 1.807) is 0 Å². The van der Waals surface area contributed by atoms with Gasteiger partial charge in [0.05, 0.1) is 5.92 Å². The number of carbonyl (C=O) groups is 2. The van der Waals surface area contributed by atoms with Gasteiger partial charge in [0.2, 0.25) is 5.54 Å². The number of carboxylic acids is 1. The molecule has 0 fully saturated rings. The maximum absolute atomic E-state index is 13.2. The minimum absolute atomic E-state index is 0.231. The summed E-state index contributed by atoms with van der Waals surface area (Å²) in [6.07, 6.45) is -12.2. The Morgan fingerprint density at radius 3 is 1.78 bits per heavy atom. The zero-order valence-electron chi connectivity index (χ0n) is 11.5. The first-order valence-electron chi connectivity index (χ1n) is 6.08. The number of alkyl halides is 6. The van der Waals surface area contributed by atoms with Crippen LogP contribution in [0.3, 0.4) is 0 Å². The number of carboxylic acid groups (broad SMARTS) is 1. The fourth-order valence-corrected chi connectivity index (χ4v) is 1.93. The van der Waals surface area contributed by atoms with Crippen LogP contribution in [-0.4, -0.2) is 34.9 Å². The number of hydrogen-bond donors (Lipinski definition) is 2. The van der Waals surface area contributed by atoms with Crippen molar-refractivity contribution in [3.8, 4) is 0 Å². The summed E-state index contributed by atoms with van der Waals surface area (Å²) >= 11 is 0. The van der Waals surface area contributed by atoms with Crippen LogP contribution in [0.2, 0.25) is 0 Å². The van der Waals surface area contributed by atoms with E-state index in [0.717, 1.165) is 17.4 Å². The van der Waals surface area contributed by atoms with Crippen molar-refractivity contribution < 1.29 is 41.0 Å². The van der Waals surface area contributed by atoms with Gasteiger partial charge in [0.1, 0.15) is 0 Å². The molecule has 2 N–H and O–H groups in total. The van der Waals surface area contributed by atoms with Gasteiger partial charge in [-0.2, -0.15) is 26.3 Å². The monoisotopic (exact) mass is 343 g/mol. The third-order valence-electron chi connectivity index (χ3n) is 3.26. The number of benzene rings is 1. The summed E-state index contributed by atoms with van der Waals surface area (Å²) in [6.45, 7) is 0.231. The van der Waals surface area contributed by atoms with E-state index in [4.69, 9.17) is 5.11 Å². The molecular weight excluding hydrogens is 332 g/mol. The summed E-state index contributed by atoms with van der Waals surface area (Å²) in [6, 6.07) is 5.87. The van der Waals surface area contributed by atoms with Crippen molar-refractivity contribution in [3.63, 3.8) is 0 Å². The number of aliphatic carboxylic acids is 1. The molecule has 0 aliphatic carbocycles. The quantitative estimate of drug-likeness (QED) is 0.826. The number of amides is 1. The number of nitrogens with one attached hydrogen (secondary N) is 1. The molecule has 0 aromatic heterocycles. The van der Waals surface area contributed by atoms with E-state index in [1.165, 1.54) is 18.2 Å². The molecule has 128 valence electrons. The molecule has 0 saturated carbocycles. The molecule has 0 bridgehead atoms. The van der Waals surface area contributed by atoms with Crippen LogP contribution in [0.5, 0.6) is 0 Å². The molecule has 10 heteroatoms. The van der Waals surface area contributed by atoms with Gasteiger partial charge in [-0.25, -0.2) is 0 Å². The van der Waals surface area contributed by atoms with Gasteiger partial charge in [-0.3, -0.25) is 9.59 Å². The Morgan fingerprint density at radius 1 is 1.00 bits per heavy atom. The van der Waals surface area contributed by atoms with Gasteiger partial charge < -0.3 is 10.4 Å². The van der Waals surface area contributed by atoms with Gasteiger partial charge in [0.25, 0.3) is 5.91 Å². The lowest BCUT2D eigenvalue weighted by molar-refractivity contribution is -0.316. The predicted octanol–water partition coefficient (Wildman–Crippen LogP) is 3.00. The standard InChI is InChI=1S/C13H11F6NO3/c1-7(10(22)23)11(12(14,15)16,13(17,18)19)20-9(21)8-5-3-2-4-6-8/h2-7H,1H3,(H,20,21)(H,22,23). The molecule has 1 amide bonds. The van der Waals surface area contributed by atoms with Crippen molar-refractivity contribution in [2.24, 2.45) is 5.92 Å². The van der Waals surface area contributed by atoms with Gasteiger partial charge >= 0.3 is 18.3 Å². The number of carbonyl (C=O) groups excluding carboxylic acids is 1. The first-order valence-corrected chi connectivity index (χ1v) is 6.08. The average molecular weight is 343 g/mol. The van der Waals surface area contributed by atoms with Crippen LogP contribution in [0.25, 0.3) is 0 Å². The summed E-state index contributed by atoms with van der Waals surface area (Å²) in [5.41, 5.74) is -5.39. The minimum Gasteiger partial charge on any atom is -0.481 e. The highest BCUT2D eigenvalue weighted by Crippen LogP contribution is 2.48. The summed E-state index contributed by atoms with van der Waals surface area (Å²) in [7, 11) is 0. The zero-order chi connectivity index (χ0) is 18.1. The maximum Gasteiger partial charge on any atom is 0.421 e. The molecule has 4 nitrogen and oxygen atoms in total. The van der Waals surface area contributed by atoms with Crippen LogP contribution in [0.4, 0.5) is 26.3 Å². The molecule has 23 heavy (non-hydrogen) atoms. The summed E-state index contributed by atoms with van der Waals surface area (Å²) in [5.74, 6) is -7.03. The zero-order valence-corrected chi connectivity index (χ0v) is 11.5. The summed E-state index contributed by atoms with van der Waals surface area (Å²) in [4.78, 5) is 22.6. The van der Waals surface area contributed by atoms with Crippen LogP contribution in [0, 0.1) is 5.92 Å². The van der Waals surface area contributed by atoms with Crippen molar-refractivity contribution >= 4 is 11.9 Å². The lowest BCUT2D eigenvalue weighted by atomic mass is 9.83. The predicted molar refractivity (Wildman–Crippen MR) is 65.5 cm³/mol. The lowest BCUT2D eigenvalue weighted by Crippen LogP contribution is -2.72. The molecule has 1 unspecified atom stereocenters.